The fourth-order valence-corrected chi connectivity index (χ4v) is 1.96. The lowest BCUT2D eigenvalue weighted by Gasteiger charge is -2.16. The lowest BCUT2D eigenvalue weighted by molar-refractivity contribution is -0.132. The summed E-state index contributed by atoms with van der Waals surface area (Å²) in [6.45, 7) is 1.60. The van der Waals surface area contributed by atoms with E-state index < -0.39 is 0 Å². The van der Waals surface area contributed by atoms with Gasteiger partial charge >= 0.3 is 0 Å². The van der Waals surface area contributed by atoms with Gasteiger partial charge in [0.1, 0.15) is 5.75 Å². The van der Waals surface area contributed by atoms with Gasteiger partial charge in [0.2, 0.25) is 0 Å². The Morgan fingerprint density at radius 2 is 2.18 bits per heavy atom. The number of aliphatic hydroxyl groups is 1. The van der Waals surface area contributed by atoms with Gasteiger partial charge in [-0.15, -0.1) is 0 Å². The number of hydrogen-bond donors (Lipinski definition) is 1. The van der Waals surface area contributed by atoms with Crippen molar-refractivity contribution in [3.63, 3.8) is 0 Å². The zero-order valence-corrected chi connectivity index (χ0v) is 9.71. The van der Waals surface area contributed by atoms with Crippen LogP contribution < -0.4 is 4.74 Å². The second-order valence-corrected chi connectivity index (χ2v) is 4.28. The van der Waals surface area contributed by atoms with Crippen molar-refractivity contribution in [2.45, 2.75) is 6.42 Å². The number of carbonyl (C=O) groups is 1. The highest BCUT2D eigenvalue weighted by molar-refractivity contribution is 5.78. The fourth-order valence-electron chi connectivity index (χ4n) is 1.96. The summed E-state index contributed by atoms with van der Waals surface area (Å²) in [6.07, 6.45) is 0.883. The lowest BCUT2D eigenvalue weighted by atomic mass is 10.1. The van der Waals surface area contributed by atoms with Gasteiger partial charge in [-0.3, -0.25) is 4.79 Å². The SMILES string of the molecule is O=C(COc1ccccc1)N1CC[C@H](CO)C1. The van der Waals surface area contributed by atoms with Crippen LogP contribution in [0.3, 0.4) is 0 Å². The highest BCUT2D eigenvalue weighted by atomic mass is 16.5. The zero-order valence-electron chi connectivity index (χ0n) is 9.71. The van der Waals surface area contributed by atoms with Gasteiger partial charge in [0, 0.05) is 25.6 Å². The van der Waals surface area contributed by atoms with Gasteiger partial charge in [-0.05, 0) is 18.6 Å². The number of likely N-dealkylation sites (tertiary alicyclic amines) is 1. The first-order chi connectivity index (χ1) is 8.29. The van der Waals surface area contributed by atoms with Crippen molar-refractivity contribution in [1.82, 2.24) is 4.90 Å². The Balaban J connectivity index is 1.78. The summed E-state index contributed by atoms with van der Waals surface area (Å²) in [6, 6.07) is 9.30. The maximum absolute atomic E-state index is 11.8. The third-order valence-electron chi connectivity index (χ3n) is 3.00. The average molecular weight is 235 g/mol. The molecule has 1 atom stereocenters. The van der Waals surface area contributed by atoms with Crippen LogP contribution in [0.25, 0.3) is 0 Å². The van der Waals surface area contributed by atoms with Crippen LogP contribution in [-0.2, 0) is 4.79 Å². The summed E-state index contributed by atoms with van der Waals surface area (Å²) in [5, 5.41) is 9.00. The summed E-state index contributed by atoms with van der Waals surface area (Å²) >= 11 is 0. The van der Waals surface area contributed by atoms with Crippen molar-refractivity contribution < 1.29 is 14.6 Å². The van der Waals surface area contributed by atoms with Crippen LogP contribution in [0.1, 0.15) is 6.42 Å². The van der Waals surface area contributed by atoms with E-state index in [1.54, 1.807) is 4.90 Å². The van der Waals surface area contributed by atoms with E-state index in [9.17, 15) is 4.79 Å². The summed E-state index contributed by atoms with van der Waals surface area (Å²) in [5.74, 6) is 0.930. The van der Waals surface area contributed by atoms with E-state index in [0.29, 0.717) is 12.3 Å². The molecule has 1 aromatic rings. The van der Waals surface area contributed by atoms with Gasteiger partial charge in [-0.2, -0.15) is 0 Å². The van der Waals surface area contributed by atoms with Crippen LogP contribution >= 0.6 is 0 Å². The molecule has 17 heavy (non-hydrogen) atoms. The van der Waals surface area contributed by atoms with Crippen LogP contribution in [0, 0.1) is 5.92 Å². The van der Waals surface area contributed by atoms with E-state index in [0.717, 1.165) is 13.0 Å². The molecule has 1 N–H and O–H groups in total. The zero-order chi connectivity index (χ0) is 12.1. The number of ether oxygens (including phenoxy) is 1. The summed E-state index contributed by atoms with van der Waals surface area (Å²) in [5.41, 5.74) is 0. The molecule has 0 aromatic heterocycles. The third-order valence-corrected chi connectivity index (χ3v) is 3.00. The molecule has 0 radical (unpaired) electrons. The molecule has 1 aromatic carbocycles. The Hall–Kier alpha value is -1.55. The summed E-state index contributed by atoms with van der Waals surface area (Å²) in [4.78, 5) is 13.6. The minimum absolute atomic E-state index is 0.00944. The van der Waals surface area contributed by atoms with Crippen molar-refractivity contribution in [3.8, 4) is 5.75 Å². The van der Waals surface area contributed by atoms with Crippen molar-refractivity contribution in [1.29, 1.82) is 0 Å². The van der Waals surface area contributed by atoms with Crippen molar-refractivity contribution in [2.24, 2.45) is 5.92 Å². The molecule has 4 nitrogen and oxygen atoms in total. The molecule has 0 bridgehead atoms. The van der Waals surface area contributed by atoms with Crippen LogP contribution in [0.15, 0.2) is 30.3 Å². The second kappa shape index (κ2) is 5.68. The van der Waals surface area contributed by atoms with Crippen molar-refractivity contribution >= 4 is 5.91 Å². The van der Waals surface area contributed by atoms with Crippen LogP contribution in [-0.4, -0.2) is 42.2 Å². The van der Waals surface area contributed by atoms with E-state index >= 15 is 0 Å². The highest BCUT2D eigenvalue weighted by Gasteiger charge is 2.25. The van der Waals surface area contributed by atoms with Crippen molar-refractivity contribution in [2.75, 3.05) is 26.3 Å². The first-order valence-corrected chi connectivity index (χ1v) is 5.86. The predicted octanol–water partition coefficient (Wildman–Crippen LogP) is 0.906. The van der Waals surface area contributed by atoms with E-state index in [1.807, 2.05) is 30.3 Å². The number of hydrogen-bond acceptors (Lipinski definition) is 3. The largest absolute Gasteiger partial charge is 0.484 e. The van der Waals surface area contributed by atoms with Gasteiger partial charge in [-0.1, -0.05) is 18.2 Å². The van der Waals surface area contributed by atoms with Gasteiger partial charge in [-0.25, -0.2) is 0 Å². The topological polar surface area (TPSA) is 49.8 Å². The average Bonchev–Trinajstić information content (AvgIpc) is 2.86. The third kappa shape index (κ3) is 3.20. The van der Waals surface area contributed by atoms with Crippen LogP contribution in [0.4, 0.5) is 0 Å². The molecule has 0 aliphatic carbocycles. The number of nitrogens with zero attached hydrogens (tertiary/aromatic N) is 1. The molecule has 0 spiro atoms. The first-order valence-electron chi connectivity index (χ1n) is 5.86. The van der Waals surface area contributed by atoms with Gasteiger partial charge < -0.3 is 14.7 Å². The number of para-hydroxylation sites is 1. The fraction of sp³-hybridized carbons (Fsp3) is 0.462. The lowest BCUT2D eigenvalue weighted by Crippen LogP contribution is -2.33. The number of rotatable bonds is 4. The molecule has 1 saturated heterocycles. The van der Waals surface area contributed by atoms with Gasteiger partial charge in [0.15, 0.2) is 6.61 Å². The maximum Gasteiger partial charge on any atom is 0.260 e. The molecular formula is C13H17NO3. The van der Waals surface area contributed by atoms with E-state index in [2.05, 4.69) is 0 Å². The van der Waals surface area contributed by atoms with E-state index in [1.165, 1.54) is 0 Å². The summed E-state index contributed by atoms with van der Waals surface area (Å²) < 4.78 is 5.40. The maximum atomic E-state index is 11.8. The van der Waals surface area contributed by atoms with Crippen molar-refractivity contribution in [3.05, 3.63) is 30.3 Å². The molecular weight excluding hydrogens is 218 g/mol. The number of amides is 1. The molecule has 4 heteroatoms. The standard InChI is InChI=1S/C13H17NO3/c15-9-11-6-7-14(8-11)13(16)10-17-12-4-2-1-3-5-12/h1-5,11,15H,6-10H2/t11-/m0/s1. The van der Waals surface area contributed by atoms with E-state index in [4.69, 9.17) is 9.84 Å². The van der Waals surface area contributed by atoms with E-state index in [-0.39, 0.29) is 25.0 Å². The normalized spacial score (nSPS) is 19.4. The summed E-state index contributed by atoms with van der Waals surface area (Å²) in [7, 11) is 0. The highest BCUT2D eigenvalue weighted by Crippen LogP contribution is 2.16. The molecule has 92 valence electrons. The van der Waals surface area contributed by atoms with Gasteiger partial charge in [0.25, 0.3) is 5.91 Å². The Morgan fingerprint density at radius 1 is 1.41 bits per heavy atom. The molecule has 0 unspecified atom stereocenters. The monoisotopic (exact) mass is 235 g/mol. The molecule has 2 rings (SSSR count). The molecule has 1 amide bonds. The Bertz CT molecular complexity index is 366. The Kier molecular flexibility index (Phi) is 3.98. The Morgan fingerprint density at radius 3 is 2.82 bits per heavy atom. The predicted molar refractivity (Wildman–Crippen MR) is 63.7 cm³/mol. The Labute approximate surface area is 101 Å². The molecule has 1 heterocycles. The number of carbonyl (C=O) groups excluding carboxylic acids is 1. The van der Waals surface area contributed by atoms with Crippen LogP contribution in [0.2, 0.25) is 0 Å². The first kappa shape index (κ1) is 11.9. The molecule has 1 aliphatic rings. The molecule has 1 fully saturated rings. The second-order valence-electron chi connectivity index (χ2n) is 4.28. The minimum atomic E-state index is -0.00944. The minimum Gasteiger partial charge on any atom is -0.484 e. The van der Waals surface area contributed by atoms with Gasteiger partial charge in [0.05, 0.1) is 0 Å². The quantitative estimate of drug-likeness (QED) is 0.843. The molecule has 1 aliphatic heterocycles. The smallest absolute Gasteiger partial charge is 0.260 e. The number of benzene rings is 1. The van der Waals surface area contributed by atoms with Crippen LogP contribution in [0.5, 0.6) is 5.75 Å². The molecule has 0 saturated carbocycles. The number of aliphatic hydroxyl groups excluding tert-OH is 1.